The first-order valence-electron chi connectivity index (χ1n) is 5.25. The number of rotatable bonds is 2. The first-order valence-corrected chi connectivity index (χ1v) is 5.25. The molecule has 0 aromatic carbocycles. The number of carboxylic acids is 2. The van der Waals surface area contributed by atoms with Gasteiger partial charge in [-0.1, -0.05) is 6.58 Å². The van der Waals surface area contributed by atoms with Crippen LogP contribution in [0.5, 0.6) is 0 Å². The third-order valence-corrected chi connectivity index (χ3v) is 3.66. The Morgan fingerprint density at radius 1 is 1.35 bits per heavy atom. The Kier molecular flexibility index (Phi) is 2.45. The van der Waals surface area contributed by atoms with Gasteiger partial charge in [0.25, 0.3) is 0 Å². The van der Waals surface area contributed by atoms with Crippen LogP contribution in [-0.2, 0) is 19.1 Å². The maximum absolute atomic E-state index is 11.3. The number of carbonyl (C=O) groups excluding carboxylic acids is 1. The molecule has 2 atom stereocenters. The Hall–Kier alpha value is -1.85. The molecular formula is C11H12O6. The number of fused-ring (bicyclic) bond motifs is 1. The van der Waals surface area contributed by atoms with Crippen molar-refractivity contribution in [3.05, 3.63) is 12.2 Å². The van der Waals surface area contributed by atoms with Crippen molar-refractivity contribution in [2.24, 2.45) is 11.3 Å². The van der Waals surface area contributed by atoms with Gasteiger partial charge in [0, 0.05) is 11.5 Å². The number of aliphatic carboxylic acids is 2. The highest BCUT2D eigenvalue weighted by molar-refractivity contribution is 5.99. The highest BCUT2D eigenvalue weighted by Crippen LogP contribution is 2.46. The minimum Gasteiger partial charge on any atom is -0.480 e. The van der Waals surface area contributed by atoms with Gasteiger partial charge >= 0.3 is 17.9 Å². The Bertz CT molecular complexity index is 410. The van der Waals surface area contributed by atoms with Crippen LogP contribution in [0.1, 0.15) is 19.3 Å². The van der Waals surface area contributed by atoms with Crippen molar-refractivity contribution in [3.8, 4) is 0 Å². The van der Waals surface area contributed by atoms with Crippen LogP contribution in [0.2, 0.25) is 0 Å². The number of ether oxygens (including phenoxy) is 1. The van der Waals surface area contributed by atoms with Crippen molar-refractivity contribution in [1.82, 2.24) is 0 Å². The number of hydrogen-bond acceptors (Lipinski definition) is 4. The van der Waals surface area contributed by atoms with E-state index < -0.39 is 35.3 Å². The number of carboxylic acid groups (broad SMARTS) is 2. The lowest BCUT2D eigenvalue weighted by molar-refractivity contribution is -0.170. The average molecular weight is 240 g/mol. The van der Waals surface area contributed by atoms with Gasteiger partial charge in [-0.3, -0.25) is 9.59 Å². The molecule has 0 bridgehead atoms. The van der Waals surface area contributed by atoms with E-state index in [0.717, 1.165) is 0 Å². The maximum atomic E-state index is 11.3. The molecule has 0 aromatic rings. The molecule has 0 aromatic heterocycles. The summed E-state index contributed by atoms with van der Waals surface area (Å²) >= 11 is 0. The Morgan fingerprint density at radius 3 is 2.47 bits per heavy atom. The Balaban J connectivity index is 2.32. The summed E-state index contributed by atoms with van der Waals surface area (Å²) < 4.78 is 5.01. The molecule has 92 valence electrons. The third-order valence-electron chi connectivity index (χ3n) is 3.66. The molecule has 1 aliphatic carbocycles. The zero-order valence-corrected chi connectivity index (χ0v) is 9.01. The summed E-state index contributed by atoms with van der Waals surface area (Å²) in [4.78, 5) is 33.6. The molecule has 2 rings (SSSR count). The average Bonchev–Trinajstić information content (AvgIpc) is 2.54. The van der Waals surface area contributed by atoms with E-state index in [4.69, 9.17) is 14.9 Å². The molecule has 0 spiro atoms. The van der Waals surface area contributed by atoms with Crippen molar-refractivity contribution in [1.29, 1.82) is 0 Å². The summed E-state index contributed by atoms with van der Waals surface area (Å²) in [5.41, 5.74) is -1.64. The van der Waals surface area contributed by atoms with Gasteiger partial charge in [0.05, 0.1) is 0 Å². The predicted molar refractivity (Wildman–Crippen MR) is 54.1 cm³/mol. The monoisotopic (exact) mass is 240 g/mol. The quantitative estimate of drug-likeness (QED) is 0.412. The SMILES string of the molecule is C=C1C(=O)OC2CCC(C(=O)O)(C(=O)O)CC12. The number of esters is 1. The topological polar surface area (TPSA) is 101 Å². The van der Waals surface area contributed by atoms with Gasteiger partial charge in [-0.25, -0.2) is 4.79 Å². The molecule has 0 radical (unpaired) electrons. The summed E-state index contributed by atoms with van der Waals surface area (Å²) in [6.45, 7) is 3.54. The zero-order valence-electron chi connectivity index (χ0n) is 9.01. The van der Waals surface area contributed by atoms with E-state index in [-0.39, 0.29) is 24.8 Å². The summed E-state index contributed by atoms with van der Waals surface area (Å²) in [6.07, 6.45) is -0.331. The van der Waals surface area contributed by atoms with E-state index in [2.05, 4.69) is 6.58 Å². The van der Waals surface area contributed by atoms with Gasteiger partial charge in [0.1, 0.15) is 6.10 Å². The van der Waals surface area contributed by atoms with Crippen LogP contribution < -0.4 is 0 Å². The van der Waals surface area contributed by atoms with Gasteiger partial charge in [0.2, 0.25) is 0 Å². The van der Waals surface area contributed by atoms with E-state index >= 15 is 0 Å². The molecule has 1 aliphatic heterocycles. The normalized spacial score (nSPS) is 30.6. The van der Waals surface area contributed by atoms with Crippen molar-refractivity contribution in [2.75, 3.05) is 0 Å². The Labute approximate surface area is 96.9 Å². The van der Waals surface area contributed by atoms with Crippen LogP contribution in [0.4, 0.5) is 0 Å². The first kappa shape index (κ1) is 11.6. The summed E-state index contributed by atoms with van der Waals surface area (Å²) in [5.74, 6) is -3.78. The second kappa shape index (κ2) is 3.58. The van der Waals surface area contributed by atoms with Gasteiger partial charge in [-0.2, -0.15) is 0 Å². The van der Waals surface area contributed by atoms with E-state index in [0.29, 0.717) is 0 Å². The smallest absolute Gasteiger partial charge is 0.334 e. The van der Waals surface area contributed by atoms with Crippen LogP contribution in [0, 0.1) is 11.3 Å². The molecule has 2 aliphatic rings. The van der Waals surface area contributed by atoms with E-state index in [9.17, 15) is 14.4 Å². The molecule has 2 fully saturated rings. The Morgan fingerprint density at radius 2 is 1.94 bits per heavy atom. The molecule has 6 nitrogen and oxygen atoms in total. The fraction of sp³-hybridized carbons (Fsp3) is 0.545. The van der Waals surface area contributed by atoms with Crippen molar-refractivity contribution in [2.45, 2.75) is 25.4 Å². The zero-order chi connectivity index (χ0) is 12.8. The number of carbonyl (C=O) groups is 3. The molecule has 1 saturated heterocycles. The van der Waals surface area contributed by atoms with Gasteiger partial charge < -0.3 is 14.9 Å². The molecule has 2 N–H and O–H groups in total. The van der Waals surface area contributed by atoms with Crippen LogP contribution in [-0.4, -0.2) is 34.2 Å². The lowest BCUT2D eigenvalue weighted by Crippen LogP contribution is -2.46. The van der Waals surface area contributed by atoms with Crippen LogP contribution in [0.15, 0.2) is 12.2 Å². The number of hydrogen-bond donors (Lipinski definition) is 2. The fourth-order valence-electron chi connectivity index (χ4n) is 2.53. The predicted octanol–water partition coefficient (Wildman–Crippen LogP) is 0.424. The van der Waals surface area contributed by atoms with Crippen LogP contribution >= 0.6 is 0 Å². The maximum Gasteiger partial charge on any atom is 0.334 e. The molecular weight excluding hydrogens is 228 g/mol. The van der Waals surface area contributed by atoms with E-state index in [1.165, 1.54) is 0 Å². The largest absolute Gasteiger partial charge is 0.480 e. The lowest BCUT2D eigenvalue weighted by Gasteiger charge is -2.34. The first-order chi connectivity index (χ1) is 7.88. The van der Waals surface area contributed by atoms with Gasteiger partial charge in [0.15, 0.2) is 5.41 Å². The molecule has 1 saturated carbocycles. The minimum atomic E-state index is -1.82. The summed E-state index contributed by atoms with van der Waals surface area (Å²) in [6, 6.07) is 0. The standard InChI is InChI=1S/C11H12O6/c1-5-6-4-11(9(13)14,10(15)16)3-2-7(6)17-8(5)12/h6-7H,1-4H2,(H,13,14)(H,15,16). The molecule has 0 amide bonds. The van der Waals surface area contributed by atoms with Crippen molar-refractivity contribution < 1.29 is 29.3 Å². The molecule has 6 heteroatoms. The molecule has 17 heavy (non-hydrogen) atoms. The highest BCUT2D eigenvalue weighted by atomic mass is 16.6. The van der Waals surface area contributed by atoms with E-state index in [1.54, 1.807) is 0 Å². The minimum absolute atomic E-state index is 0.0284. The van der Waals surface area contributed by atoms with Crippen molar-refractivity contribution in [3.63, 3.8) is 0 Å². The molecule has 2 unspecified atom stereocenters. The van der Waals surface area contributed by atoms with E-state index in [1.807, 2.05) is 0 Å². The fourth-order valence-corrected chi connectivity index (χ4v) is 2.53. The second-order valence-electron chi connectivity index (χ2n) is 4.51. The summed E-state index contributed by atoms with van der Waals surface area (Å²) in [7, 11) is 0. The molecule has 1 heterocycles. The van der Waals surface area contributed by atoms with Gasteiger partial charge in [-0.05, 0) is 19.3 Å². The third kappa shape index (κ3) is 1.51. The lowest BCUT2D eigenvalue weighted by atomic mass is 9.67. The van der Waals surface area contributed by atoms with Crippen LogP contribution in [0.25, 0.3) is 0 Å². The van der Waals surface area contributed by atoms with Crippen molar-refractivity contribution >= 4 is 17.9 Å². The van der Waals surface area contributed by atoms with Crippen LogP contribution in [0.3, 0.4) is 0 Å². The second-order valence-corrected chi connectivity index (χ2v) is 4.51. The highest BCUT2D eigenvalue weighted by Gasteiger charge is 2.56. The summed E-state index contributed by atoms with van der Waals surface area (Å²) in [5, 5.41) is 18.2. The van der Waals surface area contributed by atoms with Gasteiger partial charge in [-0.15, -0.1) is 0 Å².